The van der Waals surface area contributed by atoms with E-state index in [4.69, 9.17) is 9.15 Å². The van der Waals surface area contributed by atoms with Gasteiger partial charge in [0, 0.05) is 29.1 Å². The van der Waals surface area contributed by atoms with Gasteiger partial charge in [-0.2, -0.15) is 0 Å². The van der Waals surface area contributed by atoms with Gasteiger partial charge in [-0.25, -0.2) is 0 Å². The van der Waals surface area contributed by atoms with E-state index in [0.717, 1.165) is 64.1 Å². The minimum Gasteiger partial charge on any atom is -0.493 e. The lowest BCUT2D eigenvalue weighted by atomic mass is 9.98. The molecule has 0 radical (unpaired) electrons. The maximum Gasteiger partial charge on any atom is 0.244 e. The Morgan fingerprint density at radius 3 is 2.56 bits per heavy atom. The van der Waals surface area contributed by atoms with Crippen LogP contribution in [0, 0.1) is 20.8 Å². The van der Waals surface area contributed by atoms with E-state index in [1.54, 1.807) is 6.08 Å². The van der Waals surface area contributed by atoms with Crippen molar-refractivity contribution in [3.63, 3.8) is 0 Å². The second kappa shape index (κ2) is 9.63. The summed E-state index contributed by atoms with van der Waals surface area (Å²) in [7, 11) is 0. The van der Waals surface area contributed by atoms with Crippen molar-refractivity contribution in [2.45, 2.75) is 67.2 Å². The van der Waals surface area contributed by atoms with Crippen molar-refractivity contribution in [3.8, 4) is 5.75 Å². The van der Waals surface area contributed by atoms with Crippen LogP contribution in [-0.2, 0) is 4.79 Å². The standard InChI is InChI=1S/C23H33NO3/c1-7-9-10-11-12-24-21(25)13-15(3)19-14-20-16(4)18(6)27-23(20)17(5)22(19)26-8-2/h13-14H,7-12H2,1-6H3,(H,24,25)/b15-13+. The number of amides is 1. The van der Waals surface area contributed by atoms with Gasteiger partial charge >= 0.3 is 0 Å². The number of carbonyl (C=O) groups is 1. The summed E-state index contributed by atoms with van der Waals surface area (Å²) in [5, 5.41) is 4.07. The van der Waals surface area contributed by atoms with Gasteiger partial charge in [0.1, 0.15) is 17.1 Å². The first-order valence-corrected chi connectivity index (χ1v) is 10.0. The lowest BCUT2D eigenvalue weighted by Crippen LogP contribution is -2.22. The van der Waals surface area contributed by atoms with Gasteiger partial charge in [-0.15, -0.1) is 0 Å². The lowest BCUT2D eigenvalue weighted by molar-refractivity contribution is -0.116. The molecule has 0 atom stereocenters. The van der Waals surface area contributed by atoms with Gasteiger partial charge in [-0.1, -0.05) is 26.2 Å². The van der Waals surface area contributed by atoms with E-state index >= 15 is 0 Å². The van der Waals surface area contributed by atoms with Crippen molar-refractivity contribution < 1.29 is 13.9 Å². The van der Waals surface area contributed by atoms with Crippen LogP contribution < -0.4 is 10.1 Å². The average Bonchev–Trinajstić information content (AvgIpc) is 2.92. The van der Waals surface area contributed by atoms with Gasteiger partial charge in [-0.3, -0.25) is 4.79 Å². The molecule has 1 heterocycles. The van der Waals surface area contributed by atoms with Gasteiger partial charge in [0.25, 0.3) is 0 Å². The maximum atomic E-state index is 12.3. The number of unbranched alkanes of at least 4 members (excludes halogenated alkanes) is 3. The molecule has 0 aliphatic heterocycles. The Bertz CT molecular complexity index is 830. The summed E-state index contributed by atoms with van der Waals surface area (Å²) in [6, 6.07) is 2.08. The fourth-order valence-electron chi connectivity index (χ4n) is 3.32. The molecular weight excluding hydrogens is 338 g/mol. The summed E-state index contributed by atoms with van der Waals surface area (Å²) in [4.78, 5) is 12.3. The molecule has 0 fully saturated rings. The Morgan fingerprint density at radius 2 is 1.89 bits per heavy atom. The van der Waals surface area contributed by atoms with Crippen LogP contribution in [0.2, 0.25) is 0 Å². The van der Waals surface area contributed by atoms with Crippen molar-refractivity contribution in [1.29, 1.82) is 0 Å². The molecule has 1 N–H and O–H groups in total. The third-order valence-electron chi connectivity index (χ3n) is 5.04. The average molecular weight is 372 g/mol. The molecule has 1 amide bonds. The SMILES string of the molecule is CCCCCCNC(=O)/C=C(\C)c1cc2c(C)c(C)oc2c(C)c1OCC. The number of hydrogen-bond acceptors (Lipinski definition) is 3. The van der Waals surface area contributed by atoms with Crippen LogP contribution in [0.5, 0.6) is 5.75 Å². The summed E-state index contributed by atoms with van der Waals surface area (Å²) < 4.78 is 11.9. The predicted molar refractivity (Wildman–Crippen MR) is 112 cm³/mol. The second-order valence-corrected chi connectivity index (χ2v) is 7.15. The zero-order valence-corrected chi connectivity index (χ0v) is 17.6. The molecular formula is C23H33NO3. The normalized spacial score (nSPS) is 11.9. The minimum atomic E-state index is -0.0516. The van der Waals surface area contributed by atoms with Crippen molar-refractivity contribution >= 4 is 22.4 Å². The molecule has 0 saturated heterocycles. The van der Waals surface area contributed by atoms with Crippen LogP contribution in [0.15, 0.2) is 16.6 Å². The van der Waals surface area contributed by atoms with E-state index in [9.17, 15) is 4.79 Å². The van der Waals surface area contributed by atoms with E-state index < -0.39 is 0 Å². The number of fused-ring (bicyclic) bond motifs is 1. The number of aryl methyl sites for hydroxylation is 3. The van der Waals surface area contributed by atoms with Crippen LogP contribution in [0.25, 0.3) is 16.5 Å². The summed E-state index contributed by atoms with van der Waals surface area (Å²) in [5.74, 6) is 1.66. The number of nitrogens with one attached hydrogen (secondary N) is 1. The number of allylic oxidation sites excluding steroid dienone is 1. The monoisotopic (exact) mass is 371 g/mol. The highest BCUT2D eigenvalue weighted by Gasteiger charge is 2.18. The zero-order chi connectivity index (χ0) is 20.0. The van der Waals surface area contributed by atoms with Gasteiger partial charge < -0.3 is 14.5 Å². The third kappa shape index (κ3) is 4.94. The fraction of sp³-hybridized carbons (Fsp3) is 0.522. The Morgan fingerprint density at radius 1 is 1.15 bits per heavy atom. The molecule has 0 aliphatic rings. The van der Waals surface area contributed by atoms with Crippen molar-refractivity contribution in [1.82, 2.24) is 5.32 Å². The number of carbonyl (C=O) groups excluding carboxylic acids is 1. The molecule has 4 nitrogen and oxygen atoms in total. The molecule has 27 heavy (non-hydrogen) atoms. The van der Waals surface area contributed by atoms with Crippen LogP contribution in [-0.4, -0.2) is 19.1 Å². The molecule has 0 aliphatic carbocycles. The minimum absolute atomic E-state index is 0.0516. The first-order valence-electron chi connectivity index (χ1n) is 10.0. The number of ether oxygens (including phenoxy) is 1. The first kappa shape index (κ1) is 21.1. The predicted octanol–water partition coefficient (Wildman–Crippen LogP) is 5.86. The third-order valence-corrected chi connectivity index (χ3v) is 5.04. The van der Waals surface area contributed by atoms with E-state index in [1.165, 1.54) is 12.8 Å². The first-order chi connectivity index (χ1) is 12.9. The molecule has 2 aromatic rings. The molecule has 1 aromatic heterocycles. The largest absolute Gasteiger partial charge is 0.493 e. The van der Waals surface area contributed by atoms with Gasteiger partial charge in [0.15, 0.2) is 0 Å². The summed E-state index contributed by atoms with van der Waals surface area (Å²) in [5.41, 5.74) is 4.82. The van der Waals surface area contributed by atoms with Crippen LogP contribution in [0.1, 0.15) is 68.9 Å². The van der Waals surface area contributed by atoms with Crippen molar-refractivity contribution in [2.24, 2.45) is 0 Å². The molecule has 0 bridgehead atoms. The smallest absolute Gasteiger partial charge is 0.244 e. The van der Waals surface area contributed by atoms with E-state index in [-0.39, 0.29) is 5.91 Å². The number of rotatable bonds is 9. The second-order valence-electron chi connectivity index (χ2n) is 7.15. The molecule has 2 rings (SSSR count). The number of hydrogen-bond donors (Lipinski definition) is 1. The molecule has 148 valence electrons. The fourth-order valence-corrected chi connectivity index (χ4v) is 3.32. The zero-order valence-electron chi connectivity index (χ0n) is 17.6. The van der Waals surface area contributed by atoms with Crippen LogP contribution >= 0.6 is 0 Å². The van der Waals surface area contributed by atoms with Crippen LogP contribution in [0.3, 0.4) is 0 Å². The molecule has 1 aromatic carbocycles. The van der Waals surface area contributed by atoms with Crippen LogP contribution in [0.4, 0.5) is 0 Å². The Kier molecular flexibility index (Phi) is 7.52. The topological polar surface area (TPSA) is 51.5 Å². The van der Waals surface area contributed by atoms with E-state index in [2.05, 4.69) is 25.2 Å². The van der Waals surface area contributed by atoms with Gasteiger partial charge in [-0.05, 0) is 58.2 Å². The van der Waals surface area contributed by atoms with E-state index in [1.807, 2.05) is 27.7 Å². The maximum absolute atomic E-state index is 12.3. The Balaban J connectivity index is 2.30. The summed E-state index contributed by atoms with van der Waals surface area (Å²) >= 11 is 0. The summed E-state index contributed by atoms with van der Waals surface area (Å²) in [6.07, 6.45) is 6.26. The Labute approximate surface area is 163 Å². The highest BCUT2D eigenvalue weighted by molar-refractivity contribution is 5.98. The highest BCUT2D eigenvalue weighted by atomic mass is 16.5. The molecule has 4 heteroatoms. The quantitative estimate of drug-likeness (QED) is 0.444. The van der Waals surface area contributed by atoms with Gasteiger partial charge in [0.2, 0.25) is 5.91 Å². The van der Waals surface area contributed by atoms with Gasteiger partial charge in [0.05, 0.1) is 6.61 Å². The number of furan rings is 1. The Hall–Kier alpha value is -2.23. The van der Waals surface area contributed by atoms with E-state index in [0.29, 0.717) is 6.61 Å². The van der Waals surface area contributed by atoms with Crippen molar-refractivity contribution in [3.05, 3.63) is 34.6 Å². The molecule has 0 saturated carbocycles. The summed E-state index contributed by atoms with van der Waals surface area (Å²) in [6.45, 7) is 13.4. The number of benzene rings is 1. The highest BCUT2D eigenvalue weighted by Crippen LogP contribution is 2.38. The molecule has 0 unspecified atom stereocenters. The lowest BCUT2D eigenvalue weighted by Gasteiger charge is -2.14. The molecule has 0 spiro atoms. The van der Waals surface area contributed by atoms with Crippen molar-refractivity contribution in [2.75, 3.05) is 13.2 Å².